The van der Waals surface area contributed by atoms with Crippen LogP contribution in [0.4, 0.5) is 0 Å². The molecule has 0 saturated heterocycles. The molecule has 34 heavy (non-hydrogen) atoms. The third-order valence-electron chi connectivity index (χ3n) is 4.79. The molecule has 0 spiro atoms. The van der Waals surface area contributed by atoms with Crippen molar-refractivity contribution in [3.05, 3.63) is 0 Å². The lowest BCUT2D eigenvalue weighted by Crippen LogP contribution is -2.58. The van der Waals surface area contributed by atoms with Crippen molar-refractivity contribution in [3.8, 4) is 0 Å². The number of carboxylic acids is 2. The second kappa shape index (κ2) is 15.9. The minimum absolute atomic E-state index is 0.00196. The monoisotopic (exact) mass is 505 g/mol. The highest BCUT2D eigenvalue weighted by molar-refractivity contribution is 7.98. The number of rotatable bonds is 17. The van der Waals surface area contributed by atoms with Gasteiger partial charge in [0.1, 0.15) is 18.1 Å². The molecule has 9 N–H and O–H groups in total. The molecule has 14 heteroatoms. The third-order valence-corrected chi connectivity index (χ3v) is 5.43. The summed E-state index contributed by atoms with van der Waals surface area (Å²) in [6, 6.07) is -4.68. The van der Waals surface area contributed by atoms with Crippen LogP contribution in [0.1, 0.15) is 46.0 Å². The lowest BCUT2D eigenvalue weighted by atomic mass is 10.0. The van der Waals surface area contributed by atoms with Crippen molar-refractivity contribution >= 4 is 47.3 Å². The number of hydrogen-bond donors (Lipinski definition) is 7. The molecule has 4 atom stereocenters. The minimum Gasteiger partial charge on any atom is -0.481 e. The molecular weight excluding hydrogens is 470 g/mol. The van der Waals surface area contributed by atoms with Gasteiger partial charge in [0, 0.05) is 12.8 Å². The summed E-state index contributed by atoms with van der Waals surface area (Å²) in [6.45, 7) is 3.26. The average Bonchev–Trinajstić information content (AvgIpc) is 2.74. The molecule has 0 aromatic carbocycles. The van der Waals surface area contributed by atoms with Gasteiger partial charge in [-0.25, -0.2) is 4.79 Å². The van der Waals surface area contributed by atoms with Crippen molar-refractivity contribution in [3.63, 3.8) is 0 Å². The van der Waals surface area contributed by atoms with Crippen LogP contribution in [-0.2, 0) is 28.8 Å². The Hall–Kier alpha value is -2.87. The van der Waals surface area contributed by atoms with Crippen molar-refractivity contribution in [1.82, 2.24) is 16.0 Å². The van der Waals surface area contributed by atoms with E-state index >= 15 is 0 Å². The Balaban J connectivity index is 5.36. The molecule has 4 amide bonds. The van der Waals surface area contributed by atoms with Crippen LogP contribution in [0.15, 0.2) is 0 Å². The molecule has 0 fully saturated rings. The molecule has 0 aromatic rings. The van der Waals surface area contributed by atoms with Crippen LogP contribution in [0.5, 0.6) is 0 Å². The van der Waals surface area contributed by atoms with Crippen LogP contribution in [0.25, 0.3) is 0 Å². The second-order valence-corrected chi connectivity index (χ2v) is 9.00. The molecule has 13 nitrogen and oxygen atoms in total. The molecule has 0 rings (SSSR count). The summed E-state index contributed by atoms with van der Waals surface area (Å²) in [5.74, 6) is -5.31. The van der Waals surface area contributed by atoms with Crippen LogP contribution in [0.3, 0.4) is 0 Å². The van der Waals surface area contributed by atoms with Gasteiger partial charge in [0.05, 0.1) is 6.04 Å². The molecule has 194 valence electrons. The second-order valence-electron chi connectivity index (χ2n) is 8.02. The number of thioether (sulfide) groups is 1. The standard InChI is InChI=1S/C20H35N5O8S/c1-10(2)16(19(31)24-13(20(32)33)5-7-15(27)28)25-18(30)12(8-9-34-3)23-17(29)11(21)4-6-14(22)26/h10-13,16H,4-9,21H2,1-3H3,(H2,22,26)(H,23,29)(H,24,31)(H,25,30)(H,27,28)(H,32,33). The molecule has 0 heterocycles. The van der Waals surface area contributed by atoms with Crippen molar-refractivity contribution in [1.29, 1.82) is 0 Å². The van der Waals surface area contributed by atoms with Crippen molar-refractivity contribution in [2.24, 2.45) is 17.4 Å². The van der Waals surface area contributed by atoms with E-state index in [1.807, 2.05) is 6.26 Å². The highest BCUT2D eigenvalue weighted by atomic mass is 32.2. The molecule has 0 saturated carbocycles. The zero-order valence-corrected chi connectivity index (χ0v) is 20.4. The zero-order valence-electron chi connectivity index (χ0n) is 19.5. The normalized spacial score (nSPS) is 14.4. The first-order chi connectivity index (χ1) is 15.8. The smallest absolute Gasteiger partial charge is 0.326 e. The molecular formula is C20H35N5O8S. The Morgan fingerprint density at radius 2 is 1.41 bits per heavy atom. The number of amides is 4. The SMILES string of the molecule is CSCCC(NC(=O)C(N)CCC(N)=O)C(=O)NC(C(=O)NC(CCC(=O)O)C(=O)O)C(C)C. The number of carbonyl (C=O) groups excluding carboxylic acids is 4. The van der Waals surface area contributed by atoms with Gasteiger partial charge in [-0.05, 0) is 37.2 Å². The van der Waals surface area contributed by atoms with Crippen molar-refractivity contribution in [2.75, 3.05) is 12.0 Å². The Bertz CT molecular complexity index is 748. The number of hydrogen-bond acceptors (Lipinski definition) is 8. The predicted octanol–water partition coefficient (Wildman–Crippen LogP) is -1.61. The Morgan fingerprint density at radius 3 is 1.88 bits per heavy atom. The quantitative estimate of drug-likeness (QED) is 0.119. The van der Waals surface area contributed by atoms with Gasteiger partial charge in [0.15, 0.2) is 0 Å². The van der Waals surface area contributed by atoms with E-state index < -0.39 is 72.1 Å². The van der Waals surface area contributed by atoms with Crippen LogP contribution < -0.4 is 27.4 Å². The molecule has 0 bridgehead atoms. The summed E-state index contributed by atoms with van der Waals surface area (Å²) < 4.78 is 0. The first-order valence-corrected chi connectivity index (χ1v) is 12.1. The fourth-order valence-electron chi connectivity index (χ4n) is 2.79. The summed E-state index contributed by atoms with van der Waals surface area (Å²) in [7, 11) is 0. The molecule has 0 aliphatic rings. The minimum atomic E-state index is -1.45. The summed E-state index contributed by atoms with van der Waals surface area (Å²) in [4.78, 5) is 71.0. The summed E-state index contributed by atoms with van der Waals surface area (Å²) in [6.07, 6.45) is 1.15. The summed E-state index contributed by atoms with van der Waals surface area (Å²) in [5.41, 5.74) is 10.8. The fourth-order valence-corrected chi connectivity index (χ4v) is 3.26. The van der Waals surface area contributed by atoms with Gasteiger partial charge in [-0.2, -0.15) is 11.8 Å². The van der Waals surface area contributed by atoms with E-state index in [1.165, 1.54) is 11.8 Å². The zero-order chi connectivity index (χ0) is 26.4. The highest BCUT2D eigenvalue weighted by Crippen LogP contribution is 2.08. The van der Waals surface area contributed by atoms with Gasteiger partial charge in [-0.1, -0.05) is 13.8 Å². The number of carboxylic acid groups (broad SMARTS) is 2. The number of nitrogens with two attached hydrogens (primary N) is 2. The van der Waals surface area contributed by atoms with Gasteiger partial charge in [-0.3, -0.25) is 24.0 Å². The van der Waals surface area contributed by atoms with E-state index in [-0.39, 0.29) is 25.7 Å². The Morgan fingerprint density at radius 1 is 0.824 bits per heavy atom. The van der Waals surface area contributed by atoms with E-state index in [0.717, 1.165) is 0 Å². The Kier molecular flexibility index (Phi) is 14.5. The van der Waals surface area contributed by atoms with Gasteiger partial charge in [0.2, 0.25) is 23.6 Å². The molecule has 0 radical (unpaired) electrons. The van der Waals surface area contributed by atoms with Crippen LogP contribution in [0, 0.1) is 5.92 Å². The average molecular weight is 506 g/mol. The number of carbonyl (C=O) groups is 6. The van der Waals surface area contributed by atoms with Crippen molar-refractivity contribution < 1.29 is 39.0 Å². The van der Waals surface area contributed by atoms with Gasteiger partial charge >= 0.3 is 11.9 Å². The van der Waals surface area contributed by atoms with Gasteiger partial charge < -0.3 is 37.6 Å². The van der Waals surface area contributed by atoms with Gasteiger partial charge in [-0.15, -0.1) is 0 Å². The van der Waals surface area contributed by atoms with Gasteiger partial charge in [0.25, 0.3) is 0 Å². The van der Waals surface area contributed by atoms with Crippen molar-refractivity contribution in [2.45, 2.75) is 70.1 Å². The van der Waals surface area contributed by atoms with E-state index in [4.69, 9.17) is 16.6 Å². The fraction of sp³-hybridized carbons (Fsp3) is 0.700. The van der Waals surface area contributed by atoms with E-state index in [0.29, 0.717) is 5.75 Å². The molecule has 0 aliphatic heterocycles. The van der Waals surface area contributed by atoms with Crippen LogP contribution in [0.2, 0.25) is 0 Å². The third kappa shape index (κ3) is 12.4. The largest absolute Gasteiger partial charge is 0.481 e. The number of primary amides is 1. The highest BCUT2D eigenvalue weighted by Gasteiger charge is 2.32. The van der Waals surface area contributed by atoms with Crippen LogP contribution in [-0.4, -0.2) is 82.0 Å². The molecule has 0 aromatic heterocycles. The van der Waals surface area contributed by atoms with E-state index in [2.05, 4.69) is 16.0 Å². The van der Waals surface area contributed by atoms with E-state index in [1.54, 1.807) is 13.8 Å². The number of nitrogens with one attached hydrogen (secondary N) is 3. The maximum atomic E-state index is 12.9. The lowest BCUT2D eigenvalue weighted by molar-refractivity contribution is -0.143. The molecule has 0 aliphatic carbocycles. The summed E-state index contributed by atoms with van der Waals surface area (Å²) in [5, 5.41) is 25.3. The topological polar surface area (TPSA) is 231 Å². The summed E-state index contributed by atoms with van der Waals surface area (Å²) >= 11 is 1.43. The first-order valence-electron chi connectivity index (χ1n) is 10.7. The maximum absolute atomic E-state index is 12.9. The lowest BCUT2D eigenvalue weighted by Gasteiger charge is -2.27. The first kappa shape index (κ1) is 31.1. The Labute approximate surface area is 202 Å². The van der Waals surface area contributed by atoms with Crippen LogP contribution >= 0.6 is 11.8 Å². The molecule has 4 unspecified atom stereocenters. The van der Waals surface area contributed by atoms with E-state index in [9.17, 15) is 33.9 Å². The predicted molar refractivity (Wildman–Crippen MR) is 125 cm³/mol. The maximum Gasteiger partial charge on any atom is 0.326 e. The number of aliphatic carboxylic acids is 2.